The Balaban J connectivity index is 0.00000112. The van der Waals surface area contributed by atoms with E-state index in [4.69, 9.17) is 5.73 Å². The molecular weight excluding hydrogens is 213 g/mol. The molecule has 0 saturated heterocycles. The van der Waals surface area contributed by atoms with Crippen LogP contribution in [-0.2, 0) is 0 Å². The summed E-state index contributed by atoms with van der Waals surface area (Å²) in [7, 11) is 0. The average Bonchev–Trinajstić information content (AvgIpc) is 2.18. The topological polar surface area (TPSA) is 26.0 Å². The Bertz CT molecular complexity index is 468. The fourth-order valence-corrected chi connectivity index (χ4v) is 1.68. The van der Waals surface area contributed by atoms with Gasteiger partial charge in [-0.3, -0.25) is 0 Å². The van der Waals surface area contributed by atoms with Gasteiger partial charge in [0.25, 0.3) is 0 Å². The van der Waals surface area contributed by atoms with Gasteiger partial charge in [0, 0.05) is 11.4 Å². The number of hydrogen-bond acceptors (Lipinski definition) is 1. The molecule has 2 aromatic rings. The maximum Gasteiger partial charge on any atom is 0.131 e. The molecule has 0 heterocycles. The van der Waals surface area contributed by atoms with Crippen LogP contribution in [0.3, 0.4) is 0 Å². The maximum atomic E-state index is 13.4. The summed E-state index contributed by atoms with van der Waals surface area (Å²) in [6.45, 7) is 1.90. The predicted octanol–water partition coefficient (Wildman–Crippen LogP) is 3.42. The number of benzene rings is 2. The summed E-state index contributed by atoms with van der Waals surface area (Å²) in [5.74, 6) is -0.190. The number of fused-ring (bicyclic) bond motifs is 1. The van der Waals surface area contributed by atoms with Gasteiger partial charge in [-0.15, -0.1) is 12.4 Å². The second kappa shape index (κ2) is 4.60. The standard InChI is InChI=1S/C12H12FN.ClH/c1-8(14)9-6-7-12(13)11-5-3-2-4-10(9)11;/h2-8H,14H2,1H3;1H/t8-;/m1./s1. The lowest BCUT2D eigenvalue weighted by Gasteiger charge is -2.10. The summed E-state index contributed by atoms with van der Waals surface area (Å²) in [6, 6.07) is 10.6. The van der Waals surface area contributed by atoms with E-state index in [-0.39, 0.29) is 24.3 Å². The van der Waals surface area contributed by atoms with Gasteiger partial charge in [-0.1, -0.05) is 30.3 Å². The summed E-state index contributed by atoms with van der Waals surface area (Å²) in [6.07, 6.45) is 0. The van der Waals surface area contributed by atoms with Crippen molar-refractivity contribution in [1.29, 1.82) is 0 Å². The minimum atomic E-state index is -0.190. The smallest absolute Gasteiger partial charge is 0.131 e. The van der Waals surface area contributed by atoms with Crippen LogP contribution in [0.5, 0.6) is 0 Å². The van der Waals surface area contributed by atoms with Crippen molar-refractivity contribution in [3.05, 3.63) is 47.8 Å². The summed E-state index contributed by atoms with van der Waals surface area (Å²) in [5, 5.41) is 1.55. The van der Waals surface area contributed by atoms with E-state index in [2.05, 4.69) is 0 Å². The van der Waals surface area contributed by atoms with Crippen LogP contribution in [-0.4, -0.2) is 0 Å². The Morgan fingerprint density at radius 1 is 1.07 bits per heavy atom. The summed E-state index contributed by atoms with van der Waals surface area (Å²) in [5.41, 5.74) is 6.80. The molecule has 0 aliphatic heterocycles. The van der Waals surface area contributed by atoms with E-state index in [0.717, 1.165) is 10.9 Å². The van der Waals surface area contributed by atoms with Gasteiger partial charge >= 0.3 is 0 Å². The van der Waals surface area contributed by atoms with Crippen molar-refractivity contribution in [2.24, 2.45) is 5.73 Å². The van der Waals surface area contributed by atoms with Gasteiger partial charge in [-0.25, -0.2) is 4.39 Å². The quantitative estimate of drug-likeness (QED) is 0.791. The summed E-state index contributed by atoms with van der Waals surface area (Å²) < 4.78 is 13.4. The van der Waals surface area contributed by atoms with Crippen molar-refractivity contribution in [2.45, 2.75) is 13.0 Å². The van der Waals surface area contributed by atoms with Gasteiger partial charge in [-0.05, 0) is 23.9 Å². The van der Waals surface area contributed by atoms with Crippen molar-refractivity contribution in [1.82, 2.24) is 0 Å². The highest BCUT2D eigenvalue weighted by atomic mass is 35.5. The number of nitrogens with two attached hydrogens (primary N) is 1. The number of hydrogen-bond donors (Lipinski definition) is 1. The van der Waals surface area contributed by atoms with Crippen LogP contribution in [0.4, 0.5) is 4.39 Å². The van der Waals surface area contributed by atoms with Crippen LogP contribution >= 0.6 is 12.4 Å². The highest BCUT2D eigenvalue weighted by molar-refractivity contribution is 5.86. The first-order valence-electron chi connectivity index (χ1n) is 4.63. The van der Waals surface area contributed by atoms with Gasteiger partial charge in [0.1, 0.15) is 5.82 Å². The highest BCUT2D eigenvalue weighted by Gasteiger charge is 2.07. The molecule has 2 rings (SSSR count). The first kappa shape index (κ1) is 12.0. The molecule has 0 aromatic heterocycles. The largest absolute Gasteiger partial charge is 0.324 e. The van der Waals surface area contributed by atoms with Gasteiger partial charge in [0.2, 0.25) is 0 Å². The first-order valence-corrected chi connectivity index (χ1v) is 4.63. The van der Waals surface area contributed by atoms with Crippen molar-refractivity contribution >= 4 is 23.2 Å². The third kappa shape index (κ3) is 2.11. The minimum absolute atomic E-state index is 0. The zero-order valence-electron chi connectivity index (χ0n) is 8.41. The van der Waals surface area contributed by atoms with Crippen LogP contribution in [0.1, 0.15) is 18.5 Å². The van der Waals surface area contributed by atoms with E-state index < -0.39 is 0 Å². The Morgan fingerprint density at radius 2 is 1.67 bits per heavy atom. The Hall–Kier alpha value is -1.12. The lowest BCUT2D eigenvalue weighted by Crippen LogP contribution is -2.05. The van der Waals surface area contributed by atoms with Gasteiger partial charge < -0.3 is 5.73 Å². The molecule has 0 aliphatic carbocycles. The van der Waals surface area contributed by atoms with Crippen molar-refractivity contribution in [2.75, 3.05) is 0 Å². The van der Waals surface area contributed by atoms with Crippen LogP contribution in [0.2, 0.25) is 0 Å². The second-order valence-corrected chi connectivity index (χ2v) is 3.47. The molecule has 15 heavy (non-hydrogen) atoms. The highest BCUT2D eigenvalue weighted by Crippen LogP contribution is 2.24. The zero-order valence-corrected chi connectivity index (χ0v) is 9.22. The van der Waals surface area contributed by atoms with Crippen LogP contribution in [0, 0.1) is 5.82 Å². The fourth-order valence-electron chi connectivity index (χ4n) is 1.68. The summed E-state index contributed by atoms with van der Waals surface area (Å²) in [4.78, 5) is 0. The van der Waals surface area contributed by atoms with E-state index in [1.54, 1.807) is 12.1 Å². The van der Waals surface area contributed by atoms with Crippen molar-refractivity contribution < 1.29 is 4.39 Å². The molecule has 0 bridgehead atoms. The molecule has 3 heteroatoms. The second-order valence-electron chi connectivity index (χ2n) is 3.47. The third-order valence-electron chi connectivity index (χ3n) is 2.40. The fraction of sp³-hybridized carbons (Fsp3) is 0.167. The number of halogens is 2. The molecule has 0 spiro atoms. The van der Waals surface area contributed by atoms with E-state index in [1.165, 1.54) is 6.07 Å². The average molecular weight is 226 g/mol. The van der Waals surface area contributed by atoms with Crippen LogP contribution in [0.25, 0.3) is 10.8 Å². The molecule has 0 aliphatic rings. The monoisotopic (exact) mass is 225 g/mol. The van der Waals surface area contributed by atoms with Gasteiger partial charge in [0.05, 0.1) is 0 Å². The van der Waals surface area contributed by atoms with E-state index in [9.17, 15) is 4.39 Å². The SMILES string of the molecule is C[C@@H](N)c1ccc(F)c2ccccc12.Cl. The number of rotatable bonds is 1. The molecule has 0 radical (unpaired) electrons. The molecule has 0 amide bonds. The molecule has 0 fully saturated rings. The lowest BCUT2D eigenvalue weighted by atomic mass is 10.00. The Kier molecular flexibility index (Phi) is 3.66. The molecule has 1 atom stereocenters. The van der Waals surface area contributed by atoms with E-state index in [1.807, 2.05) is 25.1 Å². The normalized spacial score (nSPS) is 12.2. The molecule has 2 aromatic carbocycles. The maximum absolute atomic E-state index is 13.4. The predicted molar refractivity (Wildman–Crippen MR) is 63.8 cm³/mol. The lowest BCUT2D eigenvalue weighted by molar-refractivity contribution is 0.638. The molecule has 0 unspecified atom stereocenters. The van der Waals surface area contributed by atoms with E-state index >= 15 is 0 Å². The third-order valence-corrected chi connectivity index (χ3v) is 2.40. The van der Waals surface area contributed by atoms with Gasteiger partial charge in [0.15, 0.2) is 0 Å². The Morgan fingerprint density at radius 3 is 2.27 bits per heavy atom. The summed E-state index contributed by atoms with van der Waals surface area (Å²) >= 11 is 0. The van der Waals surface area contributed by atoms with E-state index in [0.29, 0.717) is 5.39 Å². The first-order chi connectivity index (χ1) is 6.70. The molecule has 80 valence electrons. The van der Waals surface area contributed by atoms with Crippen molar-refractivity contribution in [3.63, 3.8) is 0 Å². The zero-order chi connectivity index (χ0) is 10.1. The van der Waals surface area contributed by atoms with Crippen LogP contribution in [0.15, 0.2) is 36.4 Å². The van der Waals surface area contributed by atoms with Crippen LogP contribution < -0.4 is 5.73 Å². The molecule has 1 nitrogen and oxygen atoms in total. The minimum Gasteiger partial charge on any atom is -0.324 e. The van der Waals surface area contributed by atoms with Crippen molar-refractivity contribution in [3.8, 4) is 0 Å². The molecule has 2 N–H and O–H groups in total. The molecular formula is C12H13ClFN. The molecule has 0 saturated carbocycles. The van der Waals surface area contributed by atoms with Gasteiger partial charge in [-0.2, -0.15) is 0 Å². The Labute approximate surface area is 94.5 Å².